The highest BCUT2D eigenvalue weighted by atomic mass is 35.5. The van der Waals surface area contributed by atoms with Gasteiger partial charge in [-0.15, -0.1) is 0 Å². The van der Waals surface area contributed by atoms with Crippen LogP contribution in [0.25, 0.3) is 0 Å². The largest absolute Gasteiger partial charge is 0.459 e. The lowest BCUT2D eigenvalue weighted by atomic mass is 10.0. The Morgan fingerprint density at radius 2 is 1.68 bits per heavy atom. The van der Waals surface area contributed by atoms with E-state index in [0.29, 0.717) is 10.6 Å². The molecule has 0 aliphatic carbocycles. The van der Waals surface area contributed by atoms with Crippen LogP contribution in [-0.4, -0.2) is 31.3 Å². The van der Waals surface area contributed by atoms with Gasteiger partial charge < -0.3 is 4.74 Å². The van der Waals surface area contributed by atoms with Crippen molar-refractivity contribution < 1.29 is 17.9 Å². The lowest BCUT2D eigenvalue weighted by molar-refractivity contribution is -0.157. The predicted molar refractivity (Wildman–Crippen MR) is 109 cm³/mol. The van der Waals surface area contributed by atoms with Gasteiger partial charge in [0, 0.05) is 5.02 Å². The number of hydrogen-bond acceptors (Lipinski definition) is 5. The van der Waals surface area contributed by atoms with Crippen LogP contribution in [0.3, 0.4) is 0 Å². The van der Waals surface area contributed by atoms with Crippen LogP contribution in [0, 0.1) is 0 Å². The van der Waals surface area contributed by atoms with E-state index < -0.39 is 38.7 Å². The molecule has 28 heavy (non-hydrogen) atoms. The molecular weight excluding hydrogens is 398 g/mol. The van der Waals surface area contributed by atoms with Crippen LogP contribution in [0.1, 0.15) is 38.8 Å². The molecule has 1 N–H and O–H groups in total. The highest BCUT2D eigenvalue weighted by Crippen LogP contribution is 2.38. The van der Waals surface area contributed by atoms with Gasteiger partial charge in [0.05, 0.1) is 16.2 Å². The molecule has 2 unspecified atom stereocenters. The summed E-state index contributed by atoms with van der Waals surface area (Å²) in [6.45, 7) is 5.34. The van der Waals surface area contributed by atoms with Gasteiger partial charge in [0.2, 0.25) is 0 Å². The van der Waals surface area contributed by atoms with Crippen molar-refractivity contribution in [3.8, 4) is 0 Å². The maximum absolute atomic E-state index is 13.3. The van der Waals surface area contributed by atoms with E-state index in [1.165, 1.54) is 0 Å². The average Bonchev–Trinajstić information content (AvgIpc) is 3.08. The van der Waals surface area contributed by atoms with Crippen molar-refractivity contribution in [1.82, 2.24) is 5.32 Å². The molecule has 1 saturated heterocycles. The van der Waals surface area contributed by atoms with Crippen molar-refractivity contribution in [3.05, 3.63) is 65.2 Å². The minimum atomic E-state index is -3.69. The van der Waals surface area contributed by atoms with Gasteiger partial charge in [0.1, 0.15) is 11.6 Å². The summed E-state index contributed by atoms with van der Waals surface area (Å²) in [5.41, 5.74) is -0.00517. The van der Waals surface area contributed by atoms with E-state index in [2.05, 4.69) is 5.32 Å². The summed E-state index contributed by atoms with van der Waals surface area (Å²) in [5.74, 6) is -0.463. The van der Waals surface area contributed by atoms with Crippen molar-refractivity contribution in [2.45, 2.75) is 55.0 Å². The molecule has 1 aliphatic heterocycles. The Morgan fingerprint density at radius 3 is 2.29 bits per heavy atom. The van der Waals surface area contributed by atoms with Crippen molar-refractivity contribution in [3.63, 3.8) is 0 Å². The minimum Gasteiger partial charge on any atom is -0.459 e. The number of rotatable bonds is 4. The van der Waals surface area contributed by atoms with Gasteiger partial charge in [-0.05, 0) is 51.0 Å². The van der Waals surface area contributed by atoms with Crippen LogP contribution in [0.5, 0.6) is 0 Å². The first-order valence-electron chi connectivity index (χ1n) is 9.12. The number of carbonyl (C=O) groups is 1. The zero-order valence-corrected chi connectivity index (χ0v) is 17.6. The molecule has 0 bridgehead atoms. The van der Waals surface area contributed by atoms with Crippen molar-refractivity contribution in [2.24, 2.45) is 0 Å². The van der Waals surface area contributed by atoms with Gasteiger partial charge in [0.25, 0.3) is 0 Å². The number of carbonyl (C=O) groups excluding carboxylic acids is 1. The Kier molecular flexibility index (Phi) is 5.84. The molecule has 0 radical (unpaired) electrons. The van der Waals surface area contributed by atoms with Gasteiger partial charge in [-0.2, -0.15) is 0 Å². The van der Waals surface area contributed by atoms with Crippen molar-refractivity contribution >= 4 is 27.4 Å². The third-order valence-electron chi connectivity index (χ3n) is 4.62. The highest BCUT2D eigenvalue weighted by molar-refractivity contribution is 7.92. The van der Waals surface area contributed by atoms with Gasteiger partial charge in [-0.25, -0.2) is 8.42 Å². The number of benzene rings is 2. The van der Waals surface area contributed by atoms with Crippen LogP contribution in [0.2, 0.25) is 5.02 Å². The zero-order chi connectivity index (χ0) is 20.5. The van der Waals surface area contributed by atoms with E-state index in [-0.39, 0.29) is 11.3 Å². The lowest BCUT2D eigenvalue weighted by Crippen LogP contribution is -2.38. The topological polar surface area (TPSA) is 72.5 Å². The molecule has 3 rings (SSSR count). The van der Waals surface area contributed by atoms with Crippen LogP contribution >= 0.6 is 11.6 Å². The van der Waals surface area contributed by atoms with Crippen LogP contribution in [0.15, 0.2) is 59.5 Å². The molecule has 0 saturated carbocycles. The molecule has 0 aromatic heterocycles. The fourth-order valence-electron chi connectivity index (χ4n) is 3.41. The van der Waals surface area contributed by atoms with E-state index in [4.69, 9.17) is 16.3 Å². The lowest BCUT2D eigenvalue weighted by Gasteiger charge is -2.23. The molecule has 3 atom stereocenters. The van der Waals surface area contributed by atoms with Crippen molar-refractivity contribution in [2.75, 3.05) is 0 Å². The van der Waals surface area contributed by atoms with E-state index in [9.17, 15) is 13.2 Å². The van der Waals surface area contributed by atoms with Crippen LogP contribution in [-0.2, 0) is 19.4 Å². The quantitative estimate of drug-likeness (QED) is 0.757. The Morgan fingerprint density at radius 1 is 1.07 bits per heavy atom. The Balaban J connectivity index is 2.00. The summed E-state index contributed by atoms with van der Waals surface area (Å²) >= 11 is 6.35. The van der Waals surface area contributed by atoms with Gasteiger partial charge in [0.15, 0.2) is 9.84 Å². The summed E-state index contributed by atoms with van der Waals surface area (Å²) < 4.78 is 32.2. The number of ether oxygens (including phenoxy) is 1. The first-order valence-corrected chi connectivity index (χ1v) is 11.0. The summed E-state index contributed by atoms with van der Waals surface area (Å²) in [4.78, 5) is 12.8. The van der Waals surface area contributed by atoms with Gasteiger partial charge in [-0.3, -0.25) is 10.1 Å². The second kappa shape index (κ2) is 7.85. The Bertz CT molecular complexity index is 954. The summed E-state index contributed by atoms with van der Waals surface area (Å²) in [6, 6.07) is 14.0. The van der Waals surface area contributed by atoms with Gasteiger partial charge >= 0.3 is 5.97 Å². The Labute approximate surface area is 171 Å². The summed E-state index contributed by atoms with van der Waals surface area (Å²) in [6.07, 6.45) is 0.113. The molecule has 5 nitrogen and oxygen atoms in total. The van der Waals surface area contributed by atoms with Gasteiger partial charge in [-0.1, -0.05) is 48.0 Å². The SMILES string of the molecule is CC(C)(C)OC(=O)C1CC(S(=O)(=O)c2ccccc2)[C@H](c2ccccc2Cl)N1. The van der Waals surface area contributed by atoms with Crippen molar-refractivity contribution in [1.29, 1.82) is 0 Å². The molecule has 2 aromatic carbocycles. The number of nitrogens with one attached hydrogen (secondary N) is 1. The first kappa shape index (κ1) is 20.8. The molecule has 1 aliphatic rings. The maximum atomic E-state index is 13.3. The highest BCUT2D eigenvalue weighted by Gasteiger charge is 2.47. The third kappa shape index (κ3) is 4.40. The fourth-order valence-corrected chi connectivity index (χ4v) is 5.57. The van der Waals surface area contributed by atoms with Crippen LogP contribution in [0.4, 0.5) is 0 Å². The molecular formula is C21H24ClNO4S. The second-order valence-corrected chi connectivity index (χ2v) is 10.5. The second-order valence-electron chi connectivity index (χ2n) is 7.88. The fraction of sp³-hybridized carbons (Fsp3) is 0.381. The Hall–Kier alpha value is -1.89. The number of hydrogen-bond donors (Lipinski definition) is 1. The normalized spacial score (nSPS) is 22.8. The predicted octanol–water partition coefficient (Wildman–Crippen LogP) is 3.93. The summed E-state index contributed by atoms with van der Waals surface area (Å²) in [7, 11) is -3.69. The summed E-state index contributed by atoms with van der Waals surface area (Å²) in [5, 5.41) is 2.77. The standard InChI is InChI=1S/C21H24ClNO4S/c1-21(2,3)27-20(24)17-13-18(28(25,26)14-9-5-4-6-10-14)19(23-17)15-11-7-8-12-16(15)22/h4-12,17-19,23H,13H2,1-3H3/t17?,18?,19-/m0/s1. The molecule has 0 spiro atoms. The minimum absolute atomic E-state index is 0.113. The molecule has 2 aromatic rings. The smallest absolute Gasteiger partial charge is 0.323 e. The number of esters is 1. The average molecular weight is 422 g/mol. The van der Waals surface area contributed by atoms with Crippen LogP contribution < -0.4 is 5.32 Å². The zero-order valence-electron chi connectivity index (χ0n) is 16.1. The van der Waals surface area contributed by atoms with E-state index in [0.717, 1.165) is 0 Å². The first-order chi connectivity index (χ1) is 13.1. The van der Waals surface area contributed by atoms with E-state index >= 15 is 0 Å². The molecule has 0 amide bonds. The molecule has 1 fully saturated rings. The van der Waals surface area contributed by atoms with E-state index in [1.54, 1.807) is 75.4 Å². The van der Waals surface area contributed by atoms with E-state index in [1.807, 2.05) is 0 Å². The monoisotopic (exact) mass is 421 g/mol. The number of sulfone groups is 1. The molecule has 1 heterocycles. The number of halogens is 1. The molecule has 150 valence electrons. The molecule has 7 heteroatoms. The third-order valence-corrected chi connectivity index (χ3v) is 7.16. The maximum Gasteiger partial charge on any atom is 0.323 e.